The Morgan fingerprint density at radius 3 is 2.38 bits per heavy atom. The second-order valence-corrected chi connectivity index (χ2v) is 4.41. The van der Waals surface area contributed by atoms with E-state index in [0.717, 1.165) is 6.42 Å². The molecule has 0 heterocycles. The lowest BCUT2D eigenvalue weighted by Gasteiger charge is -2.24. The number of carbonyl (C=O) groups is 2. The zero-order chi connectivity index (χ0) is 12.8. The molecular formula is C12H22N2O2. The van der Waals surface area contributed by atoms with Crippen molar-refractivity contribution < 1.29 is 9.59 Å². The third-order valence-corrected chi connectivity index (χ3v) is 2.53. The van der Waals surface area contributed by atoms with Crippen molar-refractivity contribution >= 4 is 11.8 Å². The van der Waals surface area contributed by atoms with Gasteiger partial charge in [0.05, 0.1) is 0 Å². The van der Waals surface area contributed by atoms with E-state index in [9.17, 15) is 9.59 Å². The highest BCUT2D eigenvalue weighted by molar-refractivity contribution is 6.04. The minimum atomic E-state index is -1.05. The highest BCUT2D eigenvalue weighted by Crippen LogP contribution is 2.15. The number of hydrogen-bond acceptors (Lipinski definition) is 2. The van der Waals surface area contributed by atoms with Gasteiger partial charge in [0.15, 0.2) is 0 Å². The second-order valence-electron chi connectivity index (χ2n) is 4.41. The van der Waals surface area contributed by atoms with Crippen LogP contribution in [0.1, 0.15) is 34.1 Å². The summed E-state index contributed by atoms with van der Waals surface area (Å²) in [6.45, 7) is 11.0. The van der Waals surface area contributed by atoms with Crippen LogP contribution >= 0.6 is 0 Å². The first-order valence-electron chi connectivity index (χ1n) is 5.56. The Kier molecular flexibility index (Phi) is 5.78. The van der Waals surface area contributed by atoms with Gasteiger partial charge in [-0.3, -0.25) is 9.59 Å². The summed E-state index contributed by atoms with van der Waals surface area (Å²) in [5, 5.41) is 5.43. The van der Waals surface area contributed by atoms with Crippen molar-refractivity contribution in [3.8, 4) is 0 Å². The molecule has 0 aliphatic rings. The van der Waals surface area contributed by atoms with Gasteiger partial charge in [0.2, 0.25) is 11.8 Å². The molecule has 0 aromatic carbocycles. The molecule has 1 unspecified atom stereocenters. The van der Waals surface area contributed by atoms with Gasteiger partial charge in [-0.1, -0.05) is 13.0 Å². The van der Waals surface area contributed by atoms with Gasteiger partial charge >= 0.3 is 0 Å². The summed E-state index contributed by atoms with van der Waals surface area (Å²) in [5.41, 5.74) is -1.05. The number of hydrogen-bond donors (Lipinski definition) is 2. The van der Waals surface area contributed by atoms with Crippen molar-refractivity contribution in [3.05, 3.63) is 12.7 Å². The topological polar surface area (TPSA) is 58.2 Å². The summed E-state index contributed by atoms with van der Waals surface area (Å²) in [6.07, 6.45) is 2.43. The normalized spacial score (nSPS) is 12.8. The van der Waals surface area contributed by atoms with E-state index in [2.05, 4.69) is 17.2 Å². The molecule has 1 atom stereocenters. The molecule has 0 saturated carbocycles. The van der Waals surface area contributed by atoms with Crippen LogP contribution < -0.4 is 10.6 Å². The van der Waals surface area contributed by atoms with Crippen LogP contribution in [0.3, 0.4) is 0 Å². The first kappa shape index (κ1) is 14.7. The van der Waals surface area contributed by atoms with Crippen LogP contribution in [-0.2, 0) is 9.59 Å². The van der Waals surface area contributed by atoms with Gasteiger partial charge in [-0.2, -0.15) is 0 Å². The predicted molar refractivity (Wildman–Crippen MR) is 64.9 cm³/mol. The zero-order valence-electron chi connectivity index (χ0n) is 10.6. The van der Waals surface area contributed by atoms with Gasteiger partial charge in [0.25, 0.3) is 0 Å². The Hall–Kier alpha value is -1.32. The fourth-order valence-corrected chi connectivity index (χ4v) is 0.995. The van der Waals surface area contributed by atoms with Gasteiger partial charge in [-0.25, -0.2) is 0 Å². The summed E-state index contributed by atoms with van der Waals surface area (Å²) >= 11 is 0. The van der Waals surface area contributed by atoms with Gasteiger partial charge in [0, 0.05) is 12.6 Å². The average Bonchev–Trinajstić information content (AvgIpc) is 2.25. The standard InChI is InChI=1S/C12H22N2O2/c1-6-8-13-10(15)12(4,5)11(16)14-9(3)7-2/h6,9H,1,7-8H2,2-5H3,(H,13,15)(H,14,16). The molecule has 0 rings (SSSR count). The fourth-order valence-electron chi connectivity index (χ4n) is 0.995. The Morgan fingerprint density at radius 1 is 1.38 bits per heavy atom. The van der Waals surface area contributed by atoms with E-state index >= 15 is 0 Å². The monoisotopic (exact) mass is 226 g/mol. The van der Waals surface area contributed by atoms with Crippen molar-refractivity contribution in [1.82, 2.24) is 10.6 Å². The number of amides is 2. The maximum Gasteiger partial charge on any atom is 0.235 e. The molecule has 2 N–H and O–H groups in total. The van der Waals surface area contributed by atoms with Crippen molar-refractivity contribution in [3.63, 3.8) is 0 Å². The van der Waals surface area contributed by atoms with Crippen molar-refractivity contribution in [2.75, 3.05) is 6.54 Å². The van der Waals surface area contributed by atoms with Gasteiger partial charge in [0.1, 0.15) is 5.41 Å². The van der Waals surface area contributed by atoms with Crippen molar-refractivity contribution in [1.29, 1.82) is 0 Å². The van der Waals surface area contributed by atoms with Crippen LogP contribution in [0.2, 0.25) is 0 Å². The summed E-state index contributed by atoms with van der Waals surface area (Å²) in [4.78, 5) is 23.6. The lowest BCUT2D eigenvalue weighted by atomic mass is 9.90. The SMILES string of the molecule is C=CCNC(=O)C(C)(C)C(=O)NC(C)CC. The Labute approximate surface area is 97.5 Å². The average molecular weight is 226 g/mol. The predicted octanol–water partition coefficient (Wildman–Crippen LogP) is 1.23. The molecule has 0 fully saturated rings. The Bertz CT molecular complexity index is 272. The van der Waals surface area contributed by atoms with Gasteiger partial charge in [-0.15, -0.1) is 6.58 Å². The van der Waals surface area contributed by atoms with E-state index in [0.29, 0.717) is 6.54 Å². The minimum absolute atomic E-state index is 0.0824. The van der Waals surface area contributed by atoms with Crippen molar-refractivity contribution in [2.24, 2.45) is 5.41 Å². The number of nitrogens with one attached hydrogen (secondary N) is 2. The highest BCUT2D eigenvalue weighted by atomic mass is 16.2. The summed E-state index contributed by atoms with van der Waals surface area (Å²) < 4.78 is 0. The molecule has 92 valence electrons. The quantitative estimate of drug-likeness (QED) is 0.528. The molecule has 0 bridgehead atoms. The molecule has 0 aromatic heterocycles. The number of rotatable bonds is 6. The molecule has 4 heteroatoms. The zero-order valence-corrected chi connectivity index (χ0v) is 10.6. The molecule has 2 amide bonds. The van der Waals surface area contributed by atoms with E-state index < -0.39 is 5.41 Å². The third kappa shape index (κ3) is 4.04. The molecule has 0 spiro atoms. The number of carbonyl (C=O) groups excluding carboxylic acids is 2. The van der Waals surface area contributed by atoms with Crippen molar-refractivity contribution in [2.45, 2.75) is 40.2 Å². The van der Waals surface area contributed by atoms with Crippen LogP contribution in [0.15, 0.2) is 12.7 Å². The first-order chi connectivity index (χ1) is 7.36. The molecule has 16 heavy (non-hydrogen) atoms. The van der Waals surface area contributed by atoms with E-state index in [-0.39, 0.29) is 17.9 Å². The van der Waals surface area contributed by atoms with Gasteiger partial charge in [-0.05, 0) is 27.2 Å². The second kappa shape index (κ2) is 6.30. The minimum Gasteiger partial charge on any atom is -0.353 e. The van der Waals surface area contributed by atoms with Crippen LogP contribution in [0.25, 0.3) is 0 Å². The molecule has 4 nitrogen and oxygen atoms in total. The molecular weight excluding hydrogens is 204 g/mol. The maximum absolute atomic E-state index is 11.8. The van der Waals surface area contributed by atoms with Crippen LogP contribution in [0, 0.1) is 5.41 Å². The van der Waals surface area contributed by atoms with E-state index in [1.54, 1.807) is 19.9 Å². The lowest BCUT2D eigenvalue weighted by molar-refractivity contribution is -0.141. The Balaban J connectivity index is 4.45. The maximum atomic E-state index is 11.8. The largest absolute Gasteiger partial charge is 0.353 e. The van der Waals surface area contributed by atoms with Crippen LogP contribution in [0.5, 0.6) is 0 Å². The summed E-state index contributed by atoms with van der Waals surface area (Å²) in [7, 11) is 0. The third-order valence-electron chi connectivity index (χ3n) is 2.53. The first-order valence-corrected chi connectivity index (χ1v) is 5.56. The molecule has 0 aromatic rings. The Morgan fingerprint density at radius 2 is 1.94 bits per heavy atom. The summed E-state index contributed by atoms with van der Waals surface area (Å²) in [6, 6.07) is 0.0824. The van der Waals surface area contributed by atoms with Gasteiger partial charge < -0.3 is 10.6 Å². The smallest absolute Gasteiger partial charge is 0.235 e. The highest BCUT2D eigenvalue weighted by Gasteiger charge is 2.35. The van der Waals surface area contributed by atoms with Crippen LogP contribution in [0.4, 0.5) is 0 Å². The molecule has 0 aliphatic heterocycles. The fraction of sp³-hybridized carbons (Fsp3) is 0.667. The van der Waals surface area contributed by atoms with E-state index in [1.807, 2.05) is 13.8 Å². The van der Waals surface area contributed by atoms with E-state index in [4.69, 9.17) is 0 Å². The molecule has 0 radical (unpaired) electrons. The lowest BCUT2D eigenvalue weighted by Crippen LogP contribution is -2.49. The summed E-state index contributed by atoms with van der Waals surface area (Å²) in [5.74, 6) is -0.531. The molecule has 0 aliphatic carbocycles. The molecule has 0 saturated heterocycles. The van der Waals surface area contributed by atoms with E-state index in [1.165, 1.54) is 0 Å². The van der Waals surface area contributed by atoms with Crippen LogP contribution in [-0.4, -0.2) is 24.4 Å².